The highest BCUT2D eigenvalue weighted by Crippen LogP contribution is 2.15. The molecule has 0 aromatic carbocycles. The van der Waals surface area contributed by atoms with Gasteiger partial charge in [-0.3, -0.25) is 0 Å². The first-order valence-electron chi connectivity index (χ1n) is 14.4. The number of hydrogen-bond acceptors (Lipinski definition) is 15. The van der Waals surface area contributed by atoms with E-state index in [0.29, 0.717) is 119 Å². The van der Waals surface area contributed by atoms with Crippen LogP contribution in [0.1, 0.15) is 0 Å². The highest BCUT2D eigenvalue weighted by Gasteiger charge is 2.13. The zero-order valence-corrected chi connectivity index (χ0v) is 25.5. The molecule has 0 spiro atoms. The lowest BCUT2D eigenvalue weighted by atomic mass is 10.2. The molecule has 0 saturated carbocycles. The summed E-state index contributed by atoms with van der Waals surface area (Å²) in [5.74, 6) is 0.605. The molecule has 0 aliphatic carbocycles. The maximum Gasteiger partial charge on any atom is 0.324 e. The van der Waals surface area contributed by atoms with E-state index in [1.807, 2.05) is 0 Å². The molecule has 0 aliphatic rings. The molecule has 0 aromatic heterocycles. The van der Waals surface area contributed by atoms with Crippen LogP contribution >= 0.6 is 0 Å². The number of allylic oxidation sites excluding steroid dienone is 1. The molecule has 256 valence electrons. The molecule has 0 fully saturated rings. The van der Waals surface area contributed by atoms with Gasteiger partial charge in [0, 0.05) is 6.08 Å². The van der Waals surface area contributed by atoms with Crippen molar-refractivity contribution in [2.75, 3.05) is 139 Å². The summed E-state index contributed by atoms with van der Waals surface area (Å²) in [7, 11) is 0. The number of aliphatic hydroxyl groups excluding tert-OH is 3. The van der Waals surface area contributed by atoms with Gasteiger partial charge in [-0.25, -0.2) is 4.79 Å². The largest absolute Gasteiger partial charge is 0.515 e. The summed E-state index contributed by atoms with van der Waals surface area (Å²) in [6.45, 7) is 11.2. The van der Waals surface area contributed by atoms with E-state index >= 15 is 0 Å². The third-order valence-corrected chi connectivity index (χ3v) is 4.83. The smallest absolute Gasteiger partial charge is 0.324 e. The van der Waals surface area contributed by atoms with E-state index in [1.54, 1.807) is 0 Å². The number of carbonyl (C=O) groups excluding carboxylic acids is 1. The number of ether oxygens (including phenoxy) is 11. The second kappa shape index (κ2) is 35.0. The summed E-state index contributed by atoms with van der Waals surface area (Å²) in [5.41, 5.74) is -0.218. The van der Waals surface area contributed by atoms with Crippen LogP contribution in [0.15, 0.2) is 42.3 Å². The van der Waals surface area contributed by atoms with Crippen molar-refractivity contribution in [1.82, 2.24) is 0 Å². The third kappa shape index (κ3) is 28.3. The first-order chi connectivity index (χ1) is 21.7. The van der Waals surface area contributed by atoms with Crippen LogP contribution in [0.4, 0.5) is 0 Å². The van der Waals surface area contributed by atoms with Crippen LogP contribution in [0.2, 0.25) is 0 Å². The zero-order chi connectivity index (χ0) is 32.2. The SMILES string of the molecule is C=CCO/C(OCCOCCOCCOCCOCCOCCOCCOCCOCCOCCO)=C(O)\C(C=C=O)=C\O. The molecule has 0 amide bonds. The molecule has 0 radical (unpaired) electrons. The Morgan fingerprint density at radius 2 is 0.909 bits per heavy atom. The van der Waals surface area contributed by atoms with Crippen LogP contribution < -0.4 is 0 Å². The van der Waals surface area contributed by atoms with Gasteiger partial charge in [0.05, 0.1) is 137 Å². The molecule has 15 nitrogen and oxygen atoms in total. The Kier molecular flexibility index (Phi) is 32.9. The van der Waals surface area contributed by atoms with Crippen molar-refractivity contribution >= 4 is 5.94 Å². The van der Waals surface area contributed by atoms with Crippen molar-refractivity contribution < 1.29 is 72.2 Å². The van der Waals surface area contributed by atoms with E-state index in [0.717, 1.165) is 6.08 Å². The molecule has 15 heteroatoms. The van der Waals surface area contributed by atoms with Crippen LogP contribution in [0.5, 0.6) is 0 Å². The first kappa shape index (κ1) is 41.5. The molecule has 0 aromatic rings. The van der Waals surface area contributed by atoms with Crippen molar-refractivity contribution in [1.29, 1.82) is 0 Å². The summed E-state index contributed by atoms with van der Waals surface area (Å²) in [6.07, 6.45) is 2.80. The fraction of sp³-hybridized carbons (Fsp3) is 0.724. The fourth-order valence-corrected chi connectivity index (χ4v) is 2.78. The molecular formula is C29H50O15. The van der Waals surface area contributed by atoms with Crippen molar-refractivity contribution in [3.05, 3.63) is 42.3 Å². The molecule has 0 atom stereocenters. The quantitative estimate of drug-likeness (QED) is 0.0293. The van der Waals surface area contributed by atoms with Crippen LogP contribution in [0.3, 0.4) is 0 Å². The van der Waals surface area contributed by atoms with E-state index in [9.17, 15) is 9.90 Å². The molecule has 0 rings (SSSR count). The zero-order valence-electron chi connectivity index (χ0n) is 25.5. The van der Waals surface area contributed by atoms with E-state index in [2.05, 4.69) is 6.58 Å². The Morgan fingerprint density at radius 1 is 0.568 bits per heavy atom. The minimum Gasteiger partial charge on any atom is -0.515 e. The Bertz CT molecular complexity index is 753. The highest BCUT2D eigenvalue weighted by atomic mass is 16.7. The van der Waals surface area contributed by atoms with Crippen molar-refractivity contribution in [2.45, 2.75) is 0 Å². The average molecular weight is 639 g/mol. The predicted octanol–water partition coefficient (Wildman–Crippen LogP) is 0.904. The third-order valence-electron chi connectivity index (χ3n) is 4.83. The lowest BCUT2D eigenvalue weighted by molar-refractivity contribution is -0.0289. The van der Waals surface area contributed by atoms with Gasteiger partial charge >= 0.3 is 5.95 Å². The summed E-state index contributed by atoms with van der Waals surface area (Å²) in [6, 6.07) is 0. The van der Waals surface area contributed by atoms with Gasteiger partial charge in [0.2, 0.25) is 5.76 Å². The van der Waals surface area contributed by atoms with Gasteiger partial charge in [0.25, 0.3) is 0 Å². The lowest BCUT2D eigenvalue weighted by Crippen LogP contribution is -2.15. The van der Waals surface area contributed by atoms with Gasteiger partial charge in [-0.05, 0) is 0 Å². The predicted molar refractivity (Wildman–Crippen MR) is 157 cm³/mol. The van der Waals surface area contributed by atoms with Crippen LogP contribution in [-0.2, 0) is 56.9 Å². The second-order valence-corrected chi connectivity index (χ2v) is 8.17. The standard InChI is InChI=1S/C29H50O15/c1-2-6-43-29(28(33)27(26-32)3-4-30)44-25-24-42-23-22-41-21-20-40-19-18-39-17-16-38-15-14-37-13-12-36-11-10-35-9-8-34-7-5-31/h2-3,26,31-33H,1,5-25H2/b27-26+,29-28-. The minimum absolute atomic E-state index is 0.0128. The fourth-order valence-electron chi connectivity index (χ4n) is 2.78. The van der Waals surface area contributed by atoms with Gasteiger partial charge in [-0.15, -0.1) is 0 Å². The summed E-state index contributed by atoms with van der Waals surface area (Å²) < 4.78 is 58.8. The normalized spacial score (nSPS) is 12.1. The molecule has 0 bridgehead atoms. The van der Waals surface area contributed by atoms with E-state index in [1.165, 1.54) is 12.0 Å². The minimum atomic E-state index is -0.558. The number of rotatable bonds is 35. The van der Waals surface area contributed by atoms with Gasteiger partial charge in [-0.1, -0.05) is 12.7 Å². The average Bonchev–Trinajstić information content (AvgIpc) is 3.04. The maximum atomic E-state index is 10.5. The number of aliphatic hydroxyl groups is 3. The van der Waals surface area contributed by atoms with Crippen LogP contribution in [-0.4, -0.2) is 160 Å². The van der Waals surface area contributed by atoms with Crippen molar-refractivity contribution in [2.24, 2.45) is 0 Å². The summed E-state index contributed by atoms with van der Waals surface area (Å²) in [5, 5.41) is 27.8. The highest BCUT2D eigenvalue weighted by molar-refractivity contribution is 5.56. The first-order valence-corrected chi connectivity index (χ1v) is 14.4. The Balaban J connectivity index is 3.42. The summed E-state index contributed by atoms with van der Waals surface area (Å²) >= 11 is 0. The van der Waals surface area contributed by atoms with Gasteiger partial charge in [0.15, 0.2) is 0 Å². The van der Waals surface area contributed by atoms with E-state index in [4.69, 9.17) is 62.3 Å². The Labute approximate surface area is 259 Å². The lowest BCUT2D eigenvalue weighted by Gasteiger charge is -2.13. The second-order valence-electron chi connectivity index (χ2n) is 8.17. The summed E-state index contributed by atoms with van der Waals surface area (Å²) in [4.78, 5) is 10.5. The molecule has 0 unspecified atom stereocenters. The van der Waals surface area contributed by atoms with Gasteiger partial charge in [0.1, 0.15) is 19.2 Å². The van der Waals surface area contributed by atoms with Crippen LogP contribution in [0, 0.1) is 0 Å². The Morgan fingerprint density at radius 3 is 1.20 bits per heavy atom. The molecule has 0 heterocycles. The number of hydrogen-bond donors (Lipinski definition) is 3. The van der Waals surface area contributed by atoms with Crippen molar-refractivity contribution in [3.8, 4) is 0 Å². The maximum absolute atomic E-state index is 10.5. The van der Waals surface area contributed by atoms with Gasteiger partial charge < -0.3 is 67.4 Å². The topological polar surface area (TPSA) is 179 Å². The molecule has 0 aliphatic heterocycles. The van der Waals surface area contributed by atoms with E-state index in [-0.39, 0.29) is 37.9 Å². The van der Waals surface area contributed by atoms with Crippen LogP contribution in [0.25, 0.3) is 0 Å². The molecule has 0 saturated heterocycles. The van der Waals surface area contributed by atoms with E-state index < -0.39 is 5.76 Å². The molecular weight excluding hydrogens is 588 g/mol. The monoisotopic (exact) mass is 638 g/mol. The molecule has 3 N–H and O–H groups in total. The molecule has 44 heavy (non-hydrogen) atoms. The Hall–Kier alpha value is -2.53. The van der Waals surface area contributed by atoms with Gasteiger partial charge in [-0.2, -0.15) is 0 Å². The van der Waals surface area contributed by atoms with Crippen molar-refractivity contribution in [3.63, 3.8) is 0 Å².